The number of nitrogens with zero attached hydrogens (tertiary/aromatic N) is 1. The lowest BCUT2D eigenvalue weighted by molar-refractivity contribution is 0.0417. The molecule has 0 saturated carbocycles. The molecule has 0 aromatic rings. The number of nitrogens with one attached hydrogen (secondary N) is 1. The van der Waals surface area contributed by atoms with Gasteiger partial charge in [0.15, 0.2) is 0 Å². The lowest BCUT2D eigenvalue weighted by Crippen LogP contribution is -2.38. The van der Waals surface area contributed by atoms with Gasteiger partial charge in [-0.2, -0.15) is 0 Å². The Kier molecular flexibility index (Phi) is 2.34. The minimum Gasteiger partial charge on any atom is -0.389 e. The molecule has 2 heterocycles. The van der Waals surface area contributed by atoms with Crippen LogP contribution in [-0.4, -0.2) is 48.3 Å². The van der Waals surface area contributed by atoms with Gasteiger partial charge in [0.25, 0.3) is 0 Å². The highest BCUT2D eigenvalue weighted by molar-refractivity contribution is 4.92. The van der Waals surface area contributed by atoms with E-state index in [0.29, 0.717) is 0 Å². The molecule has 2 saturated heterocycles. The maximum Gasteiger partial charge on any atom is 0.0718 e. The van der Waals surface area contributed by atoms with Crippen molar-refractivity contribution in [1.82, 2.24) is 10.2 Å². The first kappa shape index (κ1) is 9.44. The summed E-state index contributed by atoms with van der Waals surface area (Å²) in [5.41, 5.74) is -0.536. The molecule has 2 fully saturated rings. The molecule has 2 aliphatic heterocycles. The molecule has 0 amide bonds. The highest BCUT2D eigenvalue weighted by atomic mass is 16.3. The van der Waals surface area contributed by atoms with Crippen LogP contribution in [0, 0.1) is 11.8 Å². The first-order chi connectivity index (χ1) is 6.04. The van der Waals surface area contributed by atoms with Gasteiger partial charge in [-0.05, 0) is 38.8 Å². The molecule has 2 aliphatic rings. The molecule has 0 spiro atoms. The van der Waals surface area contributed by atoms with E-state index in [9.17, 15) is 5.11 Å². The van der Waals surface area contributed by atoms with Crippen molar-refractivity contribution in [2.24, 2.45) is 11.8 Å². The normalized spacial score (nSPS) is 35.3. The predicted molar refractivity (Wildman–Crippen MR) is 52.6 cm³/mol. The molecule has 2 atom stereocenters. The SMILES string of the molecule is CC(C)(O)CN1C[C@H]2CNC[C@H]2C1. The van der Waals surface area contributed by atoms with Gasteiger partial charge < -0.3 is 10.4 Å². The van der Waals surface area contributed by atoms with E-state index in [-0.39, 0.29) is 0 Å². The Morgan fingerprint density at radius 1 is 1.31 bits per heavy atom. The van der Waals surface area contributed by atoms with Crippen molar-refractivity contribution in [1.29, 1.82) is 0 Å². The fourth-order valence-corrected chi connectivity index (χ4v) is 2.63. The number of β-amino-alcohol motifs (C(OH)–C–C–N with tert-alkyl or cyclic N) is 1. The first-order valence-electron chi connectivity index (χ1n) is 5.20. The van der Waals surface area contributed by atoms with Crippen LogP contribution >= 0.6 is 0 Å². The van der Waals surface area contributed by atoms with E-state index in [1.54, 1.807) is 0 Å². The van der Waals surface area contributed by atoms with Crippen molar-refractivity contribution < 1.29 is 5.11 Å². The van der Waals surface area contributed by atoms with Gasteiger partial charge in [-0.15, -0.1) is 0 Å². The molecule has 13 heavy (non-hydrogen) atoms. The van der Waals surface area contributed by atoms with Crippen LogP contribution in [0.5, 0.6) is 0 Å². The lowest BCUT2D eigenvalue weighted by Gasteiger charge is -2.25. The molecule has 0 aromatic heterocycles. The van der Waals surface area contributed by atoms with Crippen LogP contribution in [0.3, 0.4) is 0 Å². The zero-order chi connectivity index (χ0) is 9.47. The van der Waals surface area contributed by atoms with Crippen molar-refractivity contribution in [2.45, 2.75) is 19.4 Å². The zero-order valence-electron chi connectivity index (χ0n) is 8.58. The first-order valence-corrected chi connectivity index (χ1v) is 5.20. The van der Waals surface area contributed by atoms with Crippen LogP contribution in [-0.2, 0) is 0 Å². The molecular weight excluding hydrogens is 164 g/mol. The second-order valence-corrected chi connectivity index (χ2v) is 5.18. The molecule has 2 N–H and O–H groups in total. The summed E-state index contributed by atoms with van der Waals surface area (Å²) < 4.78 is 0. The van der Waals surface area contributed by atoms with Gasteiger partial charge in [0, 0.05) is 19.6 Å². The number of rotatable bonds is 2. The Morgan fingerprint density at radius 2 is 1.85 bits per heavy atom. The second-order valence-electron chi connectivity index (χ2n) is 5.18. The third kappa shape index (κ3) is 2.22. The highest BCUT2D eigenvalue weighted by Gasteiger charge is 2.37. The molecule has 2 rings (SSSR count). The minimum absolute atomic E-state index is 0.536. The van der Waals surface area contributed by atoms with Crippen molar-refractivity contribution in [3.63, 3.8) is 0 Å². The average molecular weight is 184 g/mol. The summed E-state index contributed by atoms with van der Waals surface area (Å²) in [6.45, 7) is 9.28. The molecule has 3 nitrogen and oxygen atoms in total. The number of hydrogen-bond acceptors (Lipinski definition) is 3. The number of likely N-dealkylation sites (tertiary alicyclic amines) is 1. The van der Waals surface area contributed by atoms with Crippen LogP contribution in [0.15, 0.2) is 0 Å². The third-order valence-corrected chi connectivity index (χ3v) is 3.08. The van der Waals surface area contributed by atoms with E-state index in [1.807, 2.05) is 13.8 Å². The summed E-state index contributed by atoms with van der Waals surface area (Å²) in [6, 6.07) is 0. The highest BCUT2D eigenvalue weighted by Crippen LogP contribution is 2.27. The number of hydrogen-bond donors (Lipinski definition) is 2. The van der Waals surface area contributed by atoms with E-state index in [4.69, 9.17) is 0 Å². The standard InChI is InChI=1S/C10H20N2O/c1-10(2,13)7-12-5-8-3-11-4-9(8)6-12/h8-9,11,13H,3-7H2,1-2H3/t8-,9+. The van der Waals surface area contributed by atoms with Crippen LogP contribution in [0.2, 0.25) is 0 Å². The van der Waals surface area contributed by atoms with E-state index in [2.05, 4.69) is 10.2 Å². The molecule has 0 aliphatic carbocycles. The van der Waals surface area contributed by atoms with Crippen LogP contribution in [0.1, 0.15) is 13.8 Å². The van der Waals surface area contributed by atoms with Crippen molar-refractivity contribution in [3.8, 4) is 0 Å². The number of aliphatic hydroxyl groups is 1. The number of fused-ring (bicyclic) bond motifs is 1. The van der Waals surface area contributed by atoms with E-state index < -0.39 is 5.60 Å². The molecule has 0 bridgehead atoms. The smallest absolute Gasteiger partial charge is 0.0718 e. The summed E-state index contributed by atoms with van der Waals surface area (Å²) in [5, 5.41) is 13.1. The maximum atomic E-state index is 9.68. The lowest BCUT2D eigenvalue weighted by atomic mass is 10.0. The monoisotopic (exact) mass is 184 g/mol. The minimum atomic E-state index is -0.536. The largest absolute Gasteiger partial charge is 0.389 e. The van der Waals surface area contributed by atoms with Gasteiger partial charge in [-0.3, -0.25) is 4.90 Å². The molecule has 0 unspecified atom stereocenters. The van der Waals surface area contributed by atoms with E-state index in [1.165, 1.54) is 26.2 Å². The zero-order valence-corrected chi connectivity index (χ0v) is 8.58. The fourth-order valence-electron chi connectivity index (χ4n) is 2.63. The molecule has 0 radical (unpaired) electrons. The van der Waals surface area contributed by atoms with Crippen molar-refractivity contribution in [2.75, 3.05) is 32.7 Å². The third-order valence-electron chi connectivity index (χ3n) is 3.08. The summed E-state index contributed by atoms with van der Waals surface area (Å²) in [7, 11) is 0. The van der Waals surface area contributed by atoms with Crippen molar-refractivity contribution >= 4 is 0 Å². The summed E-state index contributed by atoms with van der Waals surface area (Å²) in [5.74, 6) is 1.67. The summed E-state index contributed by atoms with van der Waals surface area (Å²) >= 11 is 0. The Hall–Kier alpha value is -0.120. The Bertz CT molecular complexity index is 176. The summed E-state index contributed by atoms with van der Waals surface area (Å²) in [6.07, 6.45) is 0. The Morgan fingerprint density at radius 3 is 2.31 bits per heavy atom. The van der Waals surface area contributed by atoms with Gasteiger partial charge in [0.1, 0.15) is 0 Å². The molecule has 0 aromatic carbocycles. The van der Waals surface area contributed by atoms with Crippen molar-refractivity contribution in [3.05, 3.63) is 0 Å². The van der Waals surface area contributed by atoms with Gasteiger partial charge in [0.2, 0.25) is 0 Å². The topological polar surface area (TPSA) is 35.5 Å². The summed E-state index contributed by atoms with van der Waals surface area (Å²) in [4.78, 5) is 2.40. The Balaban J connectivity index is 1.85. The van der Waals surface area contributed by atoms with Crippen LogP contribution in [0.25, 0.3) is 0 Å². The van der Waals surface area contributed by atoms with Gasteiger partial charge in [0.05, 0.1) is 5.60 Å². The molecular formula is C10H20N2O. The average Bonchev–Trinajstić information content (AvgIpc) is 2.40. The predicted octanol–water partition coefficient (Wildman–Crippen LogP) is -0.0915. The molecule has 76 valence electrons. The second kappa shape index (κ2) is 3.23. The maximum absolute atomic E-state index is 9.68. The van der Waals surface area contributed by atoms with Crippen LogP contribution in [0.4, 0.5) is 0 Å². The fraction of sp³-hybridized carbons (Fsp3) is 1.00. The van der Waals surface area contributed by atoms with Gasteiger partial charge >= 0.3 is 0 Å². The Labute approximate surface area is 80.1 Å². The van der Waals surface area contributed by atoms with Gasteiger partial charge in [-0.25, -0.2) is 0 Å². The van der Waals surface area contributed by atoms with E-state index >= 15 is 0 Å². The quantitative estimate of drug-likeness (QED) is 0.629. The molecule has 3 heteroatoms. The van der Waals surface area contributed by atoms with Crippen LogP contribution < -0.4 is 5.32 Å². The van der Waals surface area contributed by atoms with Gasteiger partial charge in [-0.1, -0.05) is 0 Å². The van der Waals surface area contributed by atoms with E-state index in [0.717, 1.165) is 18.4 Å².